The lowest BCUT2D eigenvalue weighted by atomic mass is 9.89. The first-order valence-corrected chi connectivity index (χ1v) is 11.1. The Morgan fingerprint density at radius 1 is 1.09 bits per heavy atom. The van der Waals surface area contributed by atoms with Crippen LogP contribution >= 0.6 is 0 Å². The van der Waals surface area contributed by atoms with E-state index in [1.54, 1.807) is 47.5 Å². The van der Waals surface area contributed by atoms with Gasteiger partial charge in [-0.2, -0.15) is 0 Å². The van der Waals surface area contributed by atoms with Gasteiger partial charge < -0.3 is 20.7 Å². The van der Waals surface area contributed by atoms with E-state index in [1.165, 1.54) is 6.07 Å². The first-order valence-electron chi connectivity index (χ1n) is 11.1. The Balaban J connectivity index is 1.54. The molecular formula is C26H26N4O4. The van der Waals surface area contributed by atoms with Gasteiger partial charge in [0.2, 0.25) is 5.56 Å². The number of amides is 1. The van der Waals surface area contributed by atoms with E-state index in [2.05, 4.69) is 4.98 Å². The molecule has 5 N–H and O–H groups in total. The van der Waals surface area contributed by atoms with Crippen LogP contribution in [0.5, 0.6) is 0 Å². The Morgan fingerprint density at radius 2 is 1.82 bits per heavy atom. The molecule has 0 radical (unpaired) electrons. The Labute approximate surface area is 196 Å². The smallest absolute Gasteiger partial charge is 0.308 e. The average molecular weight is 459 g/mol. The highest BCUT2D eigenvalue weighted by molar-refractivity contribution is 5.96. The number of amidine groups is 1. The highest BCUT2D eigenvalue weighted by atomic mass is 16.4. The molecule has 2 aromatic carbocycles. The van der Waals surface area contributed by atoms with E-state index < -0.39 is 17.9 Å². The SMILES string of the molecule is N=C(N)c1cccc(CC(C(=O)O)[C@H]2CCCN2C(=O)c2ccc(-c3ccc(=O)[nH]c3)cc2)c1. The minimum Gasteiger partial charge on any atom is -0.481 e. The van der Waals surface area contributed by atoms with Gasteiger partial charge in [0, 0.05) is 36.0 Å². The second kappa shape index (κ2) is 9.74. The van der Waals surface area contributed by atoms with Crippen LogP contribution in [-0.2, 0) is 11.2 Å². The minimum atomic E-state index is -0.952. The Hall–Kier alpha value is -4.20. The fourth-order valence-corrected chi connectivity index (χ4v) is 4.53. The summed E-state index contributed by atoms with van der Waals surface area (Å²) >= 11 is 0. The van der Waals surface area contributed by atoms with Crippen molar-refractivity contribution in [2.24, 2.45) is 11.7 Å². The quantitative estimate of drug-likeness (QED) is 0.318. The number of H-pyrrole nitrogens is 1. The number of pyridine rings is 1. The lowest BCUT2D eigenvalue weighted by molar-refractivity contribution is -0.143. The zero-order valence-electron chi connectivity index (χ0n) is 18.5. The molecule has 34 heavy (non-hydrogen) atoms. The summed E-state index contributed by atoms with van der Waals surface area (Å²) in [6.07, 6.45) is 3.22. The molecule has 4 rings (SSSR count). The van der Waals surface area contributed by atoms with Crippen molar-refractivity contribution >= 4 is 17.7 Å². The monoisotopic (exact) mass is 458 g/mol. The van der Waals surface area contributed by atoms with Gasteiger partial charge in [-0.1, -0.05) is 30.3 Å². The standard InChI is InChI=1S/C26H26N4O4/c27-24(28)19-4-1-3-16(13-19)14-21(26(33)34)22-5-2-12-30(22)25(32)18-8-6-17(7-9-18)20-10-11-23(31)29-15-20/h1,3-4,6-11,13,15,21-22H,2,5,12,14H2,(H3,27,28)(H,29,31)(H,33,34)/t21?,22-/m1/s1. The highest BCUT2D eigenvalue weighted by Crippen LogP contribution is 2.29. The fourth-order valence-electron chi connectivity index (χ4n) is 4.53. The number of aromatic nitrogens is 1. The van der Waals surface area contributed by atoms with Crippen molar-refractivity contribution in [3.8, 4) is 11.1 Å². The molecular weight excluding hydrogens is 432 g/mol. The van der Waals surface area contributed by atoms with Crippen LogP contribution in [0.15, 0.2) is 71.7 Å². The maximum absolute atomic E-state index is 13.3. The van der Waals surface area contributed by atoms with Crippen molar-refractivity contribution in [3.05, 3.63) is 93.9 Å². The van der Waals surface area contributed by atoms with Crippen LogP contribution < -0.4 is 11.3 Å². The summed E-state index contributed by atoms with van der Waals surface area (Å²) in [5, 5.41) is 17.6. The third-order valence-corrected chi connectivity index (χ3v) is 6.28. The second-order valence-corrected chi connectivity index (χ2v) is 8.49. The lowest BCUT2D eigenvalue weighted by Gasteiger charge is -2.30. The molecule has 8 nitrogen and oxygen atoms in total. The van der Waals surface area contributed by atoms with Gasteiger partial charge in [-0.15, -0.1) is 0 Å². The van der Waals surface area contributed by atoms with Gasteiger partial charge in [0.15, 0.2) is 0 Å². The zero-order valence-corrected chi connectivity index (χ0v) is 18.5. The second-order valence-electron chi connectivity index (χ2n) is 8.49. The maximum atomic E-state index is 13.3. The lowest BCUT2D eigenvalue weighted by Crippen LogP contribution is -2.43. The summed E-state index contributed by atoms with van der Waals surface area (Å²) in [6, 6.07) is 16.8. The number of nitrogens with two attached hydrogens (primary N) is 1. The Kier molecular flexibility index (Phi) is 6.58. The van der Waals surface area contributed by atoms with Gasteiger partial charge in [-0.25, -0.2) is 0 Å². The van der Waals surface area contributed by atoms with Crippen molar-refractivity contribution in [1.29, 1.82) is 5.41 Å². The zero-order chi connectivity index (χ0) is 24.2. The fraction of sp³-hybridized carbons (Fsp3) is 0.231. The van der Waals surface area contributed by atoms with Gasteiger partial charge in [0.25, 0.3) is 5.91 Å². The molecule has 174 valence electrons. The molecule has 2 atom stereocenters. The van der Waals surface area contributed by atoms with Crippen molar-refractivity contribution in [2.45, 2.75) is 25.3 Å². The number of likely N-dealkylation sites (tertiary alicyclic amines) is 1. The molecule has 1 unspecified atom stereocenters. The summed E-state index contributed by atoms with van der Waals surface area (Å²) in [5.74, 6) is -1.99. The molecule has 2 heterocycles. The van der Waals surface area contributed by atoms with E-state index in [9.17, 15) is 19.5 Å². The molecule has 1 aliphatic heterocycles. The molecule has 1 amide bonds. The first kappa shape index (κ1) is 23.0. The van der Waals surface area contributed by atoms with Crippen LogP contribution in [0, 0.1) is 11.3 Å². The number of hydrogen-bond acceptors (Lipinski definition) is 4. The Bertz CT molecular complexity index is 1260. The first-order chi connectivity index (χ1) is 16.3. The number of carbonyl (C=O) groups is 2. The number of carboxylic acids is 1. The third kappa shape index (κ3) is 4.91. The number of carboxylic acid groups (broad SMARTS) is 1. The molecule has 0 saturated carbocycles. The molecule has 1 aromatic heterocycles. The summed E-state index contributed by atoms with van der Waals surface area (Å²) in [6.45, 7) is 0.502. The maximum Gasteiger partial charge on any atom is 0.308 e. The number of aliphatic carboxylic acids is 1. The topological polar surface area (TPSA) is 140 Å². The molecule has 3 aromatic rings. The summed E-state index contributed by atoms with van der Waals surface area (Å²) < 4.78 is 0. The number of nitrogens with zero attached hydrogens (tertiary/aromatic N) is 1. The Morgan fingerprint density at radius 3 is 2.47 bits per heavy atom. The van der Waals surface area contributed by atoms with Crippen LogP contribution in [0.25, 0.3) is 11.1 Å². The van der Waals surface area contributed by atoms with Crippen molar-refractivity contribution in [1.82, 2.24) is 9.88 Å². The van der Waals surface area contributed by atoms with Gasteiger partial charge in [-0.05, 0) is 60.2 Å². The van der Waals surface area contributed by atoms with E-state index in [4.69, 9.17) is 11.1 Å². The summed E-state index contributed by atoms with van der Waals surface area (Å²) in [5.41, 5.74) is 8.88. The van der Waals surface area contributed by atoms with Gasteiger partial charge in [0.05, 0.1) is 5.92 Å². The minimum absolute atomic E-state index is 0.0725. The van der Waals surface area contributed by atoms with Crippen molar-refractivity contribution in [2.75, 3.05) is 6.54 Å². The van der Waals surface area contributed by atoms with Gasteiger partial charge in [-0.3, -0.25) is 19.8 Å². The molecule has 0 aliphatic carbocycles. The van der Waals surface area contributed by atoms with Crippen LogP contribution in [-0.4, -0.2) is 45.3 Å². The molecule has 1 saturated heterocycles. The van der Waals surface area contributed by atoms with E-state index in [0.29, 0.717) is 24.1 Å². The van der Waals surface area contributed by atoms with Gasteiger partial charge in [0.1, 0.15) is 5.84 Å². The van der Waals surface area contributed by atoms with E-state index >= 15 is 0 Å². The van der Waals surface area contributed by atoms with Crippen molar-refractivity contribution in [3.63, 3.8) is 0 Å². The highest BCUT2D eigenvalue weighted by Gasteiger charge is 2.38. The van der Waals surface area contributed by atoms with Crippen LogP contribution in [0.2, 0.25) is 0 Å². The third-order valence-electron chi connectivity index (χ3n) is 6.28. The number of nitrogen functional groups attached to an aromatic ring is 1. The van der Waals surface area contributed by atoms with Crippen LogP contribution in [0.3, 0.4) is 0 Å². The predicted octanol–water partition coefficient (Wildman–Crippen LogP) is 2.87. The normalized spacial score (nSPS) is 16.2. The number of carbonyl (C=O) groups excluding carboxylic acids is 1. The predicted molar refractivity (Wildman–Crippen MR) is 129 cm³/mol. The summed E-state index contributed by atoms with van der Waals surface area (Å²) in [7, 11) is 0. The summed E-state index contributed by atoms with van der Waals surface area (Å²) in [4.78, 5) is 41.1. The van der Waals surface area contributed by atoms with E-state index in [-0.39, 0.29) is 23.7 Å². The van der Waals surface area contributed by atoms with Crippen LogP contribution in [0.1, 0.15) is 34.3 Å². The van der Waals surface area contributed by atoms with Crippen molar-refractivity contribution < 1.29 is 14.7 Å². The van der Waals surface area contributed by atoms with Crippen LogP contribution in [0.4, 0.5) is 0 Å². The molecule has 1 fully saturated rings. The van der Waals surface area contributed by atoms with Gasteiger partial charge >= 0.3 is 5.97 Å². The molecule has 0 bridgehead atoms. The number of aromatic amines is 1. The largest absolute Gasteiger partial charge is 0.481 e. The molecule has 8 heteroatoms. The number of hydrogen-bond donors (Lipinski definition) is 4. The molecule has 0 spiro atoms. The average Bonchev–Trinajstić information content (AvgIpc) is 3.32. The van der Waals surface area contributed by atoms with E-state index in [0.717, 1.165) is 23.1 Å². The number of nitrogens with one attached hydrogen (secondary N) is 2. The van der Waals surface area contributed by atoms with E-state index in [1.807, 2.05) is 18.2 Å². The number of rotatable bonds is 7. The number of benzene rings is 2. The molecule has 1 aliphatic rings.